The monoisotopic (exact) mass is 413 g/mol. The lowest BCUT2D eigenvalue weighted by Crippen LogP contribution is -2.63. The summed E-state index contributed by atoms with van der Waals surface area (Å²) in [5, 5.41) is 14.0. The maximum atomic E-state index is 13.9. The highest BCUT2D eigenvalue weighted by Gasteiger charge is 2.49. The standard InChI is InChI=1S/C23H28FN3O3/c1-22(29)16-23(30-15-20(22)26-21(28)19-8-4-5-11-25-19)9-12-27(13-10-23)14-17-6-2-3-7-18(17)24/h2-8,11,20,29H,9-10,12-16H2,1H3,(H,26,28)/t20-,22-/m0/s1. The smallest absolute Gasteiger partial charge is 0.270 e. The van der Waals surface area contributed by atoms with E-state index in [1.807, 2.05) is 12.1 Å². The van der Waals surface area contributed by atoms with Crippen LogP contribution in [0.5, 0.6) is 0 Å². The second-order valence-corrected chi connectivity index (χ2v) is 8.64. The average molecular weight is 413 g/mol. The Morgan fingerprint density at radius 1 is 1.27 bits per heavy atom. The van der Waals surface area contributed by atoms with Gasteiger partial charge in [-0.1, -0.05) is 24.3 Å². The Bertz CT molecular complexity index is 882. The van der Waals surface area contributed by atoms with Crippen molar-refractivity contribution in [2.45, 2.75) is 50.0 Å². The molecule has 1 amide bonds. The molecule has 160 valence electrons. The number of likely N-dealkylation sites (tertiary alicyclic amines) is 1. The quantitative estimate of drug-likeness (QED) is 0.806. The van der Waals surface area contributed by atoms with Crippen molar-refractivity contribution in [1.82, 2.24) is 15.2 Å². The third-order valence-corrected chi connectivity index (χ3v) is 6.31. The maximum absolute atomic E-state index is 13.9. The van der Waals surface area contributed by atoms with Crippen molar-refractivity contribution in [3.63, 3.8) is 0 Å². The van der Waals surface area contributed by atoms with Crippen LogP contribution >= 0.6 is 0 Å². The number of hydrogen-bond acceptors (Lipinski definition) is 5. The van der Waals surface area contributed by atoms with Gasteiger partial charge in [0.05, 0.1) is 23.9 Å². The fraction of sp³-hybridized carbons (Fsp3) is 0.478. The van der Waals surface area contributed by atoms with Gasteiger partial charge < -0.3 is 15.2 Å². The summed E-state index contributed by atoms with van der Waals surface area (Å²) < 4.78 is 20.2. The molecule has 1 aromatic carbocycles. The molecule has 2 fully saturated rings. The number of nitrogens with one attached hydrogen (secondary N) is 1. The number of carbonyl (C=O) groups is 1. The predicted molar refractivity (Wildman–Crippen MR) is 110 cm³/mol. The molecule has 4 rings (SSSR count). The van der Waals surface area contributed by atoms with Gasteiger partial charge in [-0.2, -0.15) is 0 Å². The first-order chi connectivity index (χ1) is 14.4. The number of rotatable bonds is 4. The lowest BCUT2D eigenvalue weighted by molar-refractivity contribution is -0.186. The Labute approximate surface area is 176 Å². The van der Waals surface area contributed by atoms with Crippen LogP contribution in [0.2, 0.25) is 0 Å². The van der Waals surface area contributed by atoms with Gasteiger partial charge >= 0.3 is 0 Å². The molecule has 0 unspecified atom stereocenters. The fourth-order valence-electron chi connectivity index (χ4n) is 4.50. The summed E-state index contributed by atoms with van der Waals surface area (Å²) in [7, 11) is 0. The van der Waals surface area contributed by atoms with E-state index < -0.39 is 17.2 Å². The third kappa shape index (κ3) is 4.53. The summed E-state index contributed by atoms with van der Waals surface area (Å²) in [5.41, 5.74) is -0.491. The van der Waals surface area contributed by atoms with Gasteiger partial charge in [-0.3, -0.25) is 14.7 Å². The van der Waals surface area contributed by atoms with Gasteiger partial charge in [0.15, 0.2) is 0 Å². The number of nitrogens with zero attached hydrogens (tertiary/aromatic N) is 2. The predicted octanol–water partition coefficient (Wildman–Crippen LogP) is 2.53. The zero-order valence-electron chi connectivity index (χ0n) is 17.2. The molecule has 0 saturated carbocycles. The summed E-state index contributed by atoms with van der Waals surface area (Å²) in [5.74, 6) is -0.499. The highest BCUT2D eigenvalue weighted by Crippen LogP contribution is 2.40. The Morgan fingerprint density at radius 2 is 2.00 bits per heavy atom. The highest BCUT2D eigenvalue weighted by molar-refractivity contribution is 5.92. The Balaban J connectivity index is 1.34. The minimum absolute atomic E-state index is 0.180. The van der Waals surface area contributed by atoms with Crippen LogP contribution in [0.4, 0.5) is 4.39 Å². The Hall–Kier alpha value is -2.35. The molecule has 1 spiro atoms. The maximum Gasteiger partial charge on any atom is 0.270 e. The molecule has 2 aliphatic rings. The van der Waals surface area contributed by atoms with Crippen molar-refractivity contribution in [3.05, 3.63) is 65.7 Å². The van der Waals surface area contributed by atoms with E-state index in [-0.39, 0.29) is 18.3 Å². The molecule has 2 saturated heterocycles. The normalized spacial score (nSPS) is 26.4. The molecule has 7 heteroatoms. The minimum atomic E-state index is -1.09. The van der Waals surface area contributed by atoms with E-state index in [0.29, 0.717) is 24.2 Å². The number of hydrogen-bond donors (Lipinski definition) is 2. The number of aromatic nitrogens is 1. The van der Waals surface area contributed by atoms with Crippen LogP contribution in [0.15, 0.2) is 48.7 Å². The van der Waals surface area contributed by atoms with Crippen molar-refractivity contribution >= 4 is 5.91 Å². The number of carbonyl (C=O) groups excluding carboxylic acids is 1. The number of halogens is 1. The molecular formula is C23H28FN3O3. The summed E-state index contributed by atoms with van der Waals surface area (Å²) in [4.78, 5) is 18.7. The minimum Gasteiger partial charge on any atom is -0.388 e. The van der Waals surface area contributed by atoms with E-state index in [4.69, 9.17) is 4.74 Å². The van der Waals surface area contributed by atoms with Crippen molar-refractivity contribution in [3.8, 4) is 0 Å². The zero-order chi connectivity index (χ0) is 21.2. The number of amides is 1. The number of ether oxygens (including phenoxy) is 1. The first-order valence-corrected chi connectivity index (χ1v) is 10.4. The lowest BCUT2D eigenvalue weighted by Gasteiger charge is -2.51. The molecule has 6 nitrogen and oxygen atoms in total. The van der Waals surface area contributed by atoms with Crippen LogP contribution in [-0.2, 0) is 11.3 Å². The molecule has 2 atom stereocenters. The number of pyridine rings is 1. The van der Waals surface area contributed by atoms with Gasteiger partial charge in [0.2, 0.25) is 0 Å². The van der Waals surface area contributed by atoms with Crippen molar-refractivity contribution in [2.24, 2.45) is 0 Å². The molecule has 30 heavy (non-hydrogen) atoms. The van der Waals surface area contributed by atoms with E-state index >= 15 is 0 Å². The van der Waals surface area contributed by atoms with Gasteiger partial charge in [0, 0.05) is 37.8 Å². The first-order valence-electron chi connectivity index (χ1n) is 10.4. The summed E-state index contributed by atoms with van der Waals surface area (Å²) in [6, 6.07) is 11.5. The third-order valence-electron chi connectivity index (χ3n) is 6.31. The van der Waals surface area contributed by atoms with Gasteiger partial charge in [-0.25, -0.2) is 4.39 Å². The van der Waals surface area contributed by atoms with E-state index in [1.165, 1.54) is 6.07 Å². The van der Waals surface area contributed by atoms with E-state index in [2.05, 4.69) is 15.2 Å². The highest BCUT2D eigenvalue weighted by atomic mass is 19.1. The SMILES string of the molecule is C[C@]1(O)CC2(CCN(Cc3ccccc3F)CC2)OC[C@@H]1NC(=O)c1ccccn1. The van der Waals surface area contributed by atoms with Crippen molar-refractivity contribution in [1.29, 1.82) is 0 Å². The molecule has 0 aliphatic carbocycles. The molecule has 0 radical (unpaired) electrons. The Kier molecular flexibility index (Phi) is 5.86. The van der Waals surface area contributed by atoms with Crippen molar-refractivity contribution in [2.75, 3.05) is 19.7 Å². The van der Waals surface area contributed by atoms with E-state index in [9.17, 15) is 14.3 Å². The van der Waals surface area contributed by atoms with Crippen LogP contribution in [0, 0.1) is 5.82 Å². The molecule has 2 N–H and O–H groups in total. The lowest BCUT2D eigenvalue weighted by atomic mass is 9.75. The summed E-state index contributed by atoms with van der Waals surface area (Å²) in [6.07, 6.45) is 3.53. The van der Waals surface area contributed by atoms with Crippen molar-refractivity contribution < 1.29 is 19.0 Å². The van der Waals surface area contributed by atoms with Gasteiger partial charge in [0.1, 0.15) is 11.5 Å². The number of piperidine rings is 1. The number of aliphatic hydroxyl groups is 1. The van der Waals surface area contributed by atoms with Gasteiger partial charge in [0.25, 0.3) is 5.91 Å². The largest absolute Gasteiger partial charge is 0.388 e. The second-order valence-electron chi connectivity index (χ2n) is 8.64. The van der Waals surface area contributed by atoms with Gasteiger partial charge in [-0.15, -0.1) is 0 Å². The summed E-state index contributed by atoms with van der Waals surface area (Å²) >= 11 is 0. The zero-order valence-corrected chi connectivity index (χ0v) is 17.2. The van der Waals surface area contributed by atoms with Crippen LogP contribution in [0.25, 0.3) is 0 Å². The fourth-order valence-corrected chi connectivity index (χ4v) is 4.50. The van der Waals surface area contributed by atoms with Crippen LogP contribution in [0.1, 0.15) is 42.2 Å². The Morgan fingerprint density at radius 3 is 2.67 bits per heavy atom. The van der Waals surface area contributed by atoms with Crippen LogP contribution in [0.3, 0.4) is 0 Å². The molecule has 0 bridgehead atoms. The van der Waals surface area contributed by atoms with E-state index in [0.717, 1.165) is 25.9 Å². The van der Waals surface area contributed by atoms with Crippen LogP contribution < -0.4 is 5.32 Å². The molecule has 3 heterocycles. The van der Waals surface area contributed by atoms with Gasteiger partial charge in [-0.05, 0) is 38.0 Å². The second kappa shape index (κ2) is 8.41. The topological polar surface area (TPSA) is 74.7 Å². The molecule has 2 aromatic rings. The van der Waals surface area contributed by atoms with E-state index in [1.54, 1.807) is 37.4 Å². The molecule has 2 aliphatic heterocycles. The molecule has 1 aromatic heterocycles. The molecular weight excluding hydrogens is 385 g/mol. The first kappa shape index (κ1) is 20.9. The average Bonchev–Trinajstić information content (AvgIpc) is 2.74. The number of benzene rings is 1. The summed E-state index contributed by atoms with van der Waals surface area (Å²) in [6.45, 7) is 4.12. The van der Waals surface area contributed by atoms with Crippen LogP contribution in [-0.4, -0.2) is 57.8 Å².